The number of fused-ring (bicyclic) bond motifs is 1. The van der Waals surface area contributed by atoms with E-state index in [1.54, 1.807) is 17.0 Å². The highest BCUT2D eigenvalue weighted by Crippen LogP contribution is 2.30. The lowest BCUT2D eigenvalue weighted by Crippen LogP contribution is -2.39. The minimum Gasteiger partial charge on any atom is -0.440 e. The van der Waals surface area contributed by atoms with E-state index in [-0.39, 0.29) is 23.3 Å². The van der Waals surface area contributed by atoms with Crippen molar-refractivity contribution in [3.63, 3.8) is 0 Å². The number of para-hydroxylation sites is 2. The molecule has 1 unspecified atom stereocenters. The average molecular weight is 476 g/mol. The molecular formula is C26H25N3O4S. The molecule has 0 saturated carbocycles. The Morgan fingerprint density at radius 3 is 2.65 bits per heavy atom. The van der Waals surface area contributed by atoms with Gasteiger partial charge in [-0.3, -0.25) is 4.79 Å². The third kappa shape index (κ3) is 4.73. The first kappa shape index (κ1) is 22.3. The van der Waals surface area contributed by atoms with Crippen LogP contribution in [0.2, 0.25) is 0 Å². The molecule has 1 aromatic heterocycles. The number of hydrogen-bond acceptors (Lipinski definition) is 5. The number of aromatic nitrogens is 1. The van der Waals surface area contributed by atoms with Crippen LogP contribution in [0.15, 0.2) is 88.2 Å². The Hall–Kier alpha value is -3.49. The van der Waals surface area contributed by atoms with Crippen molar-refractivity contribution in [2.45, 2.75) is 30.2 Å². The number of sulfonamides is 1. The number of piperidine rings is 1. The molecule has 1 N–H and O–H groups in total. The van der Waals surface area contributed by atoms with Crippen LogP contribution >= 0.6 is 0 Å². The van der Waals surface area contributed by atoms with Gasteiger partial charge < -0.3 is 9.32 Å². The molecule has 1 fully saturated rings. The summed E-state index contributed by atoms with van der Waals surface area (Å²) in [5.74, 6) is 0.450. The molecular weight excluding hydrogens is 450 g/mol. The van der Waals surface area contributed by atoms with Gasteiger partial charge in [0.2, 0.25) is 10.0 Å². The van der Waals surface area contributed by atoms with Crippen LogP contribution in [-0.4, -0.2) is 37.3 Å². The molecule has 4 aromatic rings. The van der Waals surface area contributed by atoms with Gasteiger partial charge in [-0.25, -0.2) is 18.1 Å². The van der Waals surface area contributed by atoms with Crippen molar-refractivity contribution in [1.82, 2.24) is 14.6 Å². The van der Waals surface area contributed by atoms with Crippen molar-refractivity contribution in [3.05, 3.63) is 95.9 Å². The number of likely N-dealkylation sites (tertiary alicyclic amines) is 1. The summed E-state index contributed by atoms with van der Waals surface area (Å²) >= 11 is 0. The predicted molar refractivity (Wildman–Crippen MR) is 129 cm³/mol. The summed E-state index contributed by atoms with van der Waals surface area (Å²) in [5, 5.41) is 0. The van der Waals surface area contributed by atoms with Gasteiger partial charge in [0.25, 0.3) is 5.91 Å². The fraction of sp³-hybridized carbons (Fsp3) is 0.231. The number of amides is 1. The zero-order valence-corrected chi connectivity index (χ0v) is 19.4. The molecule has 1 amide bonds. The van der Waals surface area contributed by atoms with E-state index < -0.39 is 10.0 Å². The van der Waals surface area contributed by atoms with Crippen LogP contribution < -0.4 is 4.72 Å². The van der Waals surface area contributed by atoms with E-state index >= 15 is 0 Å². The summed E-state index contributed by atoms with van der Waals surface area (Å²) in [7, 11) is -3.76. The summed E-state index contributed by atoms with van der Waals surface area (Å²) in [6.07, 6.45) is 1.71. The highest BCUT2D eigenvalue weighted by molar-refractivity contribution is 7.89. The topological polar surface area (TPSA) is 92.5 Å². The Morgan fingerprint density at radius 2 is 1.82 bits per heavy atom. The summed E-state index contributed by atoms with van der Waals surface area (Å²) in [6, 6.07) is 23.1. The minimum absolute atomic E-state index is 0.00422. The largest absolute Gasteiger partial charge is 0.440 e. The maximum absolute atomic E-state index is 13.3. The lowest BCUT2D eigenvalue weighted by molar-refractivity contribution is 0.0698. The molecule has 2 heterocycles. The van der Waals surface area contributed by atoms with Crippen LogP contribution in [0, 0.1) is 0 Å². The number of nitrogens with one attached hydrogen (secondary N) is 1. The summed E-state index contributed by atoms with van der Waals surface area (Å²) < 4.78 is 34.2. The molecule has 5 rings (SSSR count). The van der Waals surface area contributed by atoms with Gasteiger partial charge in [-0.2, -0.15) is 0 Å². The highest BCUT2D eigenvalue weighted by Gasteiger charge is 2.29. The second-order valence-corrected chi connectivity index (χ2v) is 10.2. The SMILES string of the molecule is O=C(c1cccc(S(=O)(=O)NCc2ccccc2)c1)N1CCCC(c2nc3ccccc3o2)C1. The average Bonchev–Trinajstić information content (AvgIpc) is 3.32. The van der Waals surface area contributed by atoms with Crippen molar-refractivity contribution in [3.8, 4) is 0 Å². The Bertz CT molecular complexity index is 1380. The van der Waals surface area contributed by atoms with E-state index in [0.29, 0.717) is 24.5 Å². The number of nitrogens with zero attached hydrogens (tertiary/aromatic N) is 2. The molecule has 3 aromatic carbocycles. The first-order chi connectivity index (χ1) is 16.5. The predicted octanol–water partition coefficient (Wildman–Crippen LogP) is 4.33. The Balaban J connectivity index is 1.30. The second-order valence-electron chi connectivity index (χ2n) is 8.45. The second kappa shape index (κ2) is 9.40. The number of hydrogen-bond donors (Lipinski definition) is 1. The van der Waals surface area contributed by atoms with Gasteiger partial charge >= 0.3 is 0 Å². The zero-order chi connectivity index (χ0) is 23.5. The Kier molecular flexibility index (Phi) is 6.17. The number of carbonyl (C=O) groups is 1. The summed E-state index contributed by atoms with van der Waals surface area (Å²) in [5.41, 5.74) is 2.75. The molecule has 174 valence electrons. The van der Waals surface area contributed by atoms with Crippen LogP contribution in [-0.2, 0) is 16.6 Å². The molecule has 0 spiro atoms. The first-order valence-electron chi connectivity index (χ1n) is 11.3. The van der Waals surface area contributed by atoms with Gasteiger partial charge in [0.05, 0.1) is 10.8 Å². The first-order valence-corrected chi connectivity index (χ1v) is 12.8. The van der Waals surface area contributed by atoms with Gasteiger partial charge in [-0.05, 0) is 48.7 Å². The van der Waals surface area contributed by atoms with E-state index in [4.69, 9.17) is 4.42 Å². The van der Waals surface area contributed by atoms with Crippen LogP contribution in [0.3, 0.4) is 0 Å². The lowest BCUT2D eigenvalue weighted by atomic mass is 9.97. The smallest absolute Gasteiger partial charge is 0.253 e. The van der Waals surface area contributed by atoms with Crippen molar-refractivity contribution in [2.75, 3.05) is 13.1 Å². The maximum atomic E-state index is 13.3. The van der Waals surface area contributed by atoms with E-state index in [0.717, 1.165) is 29.5 Å². The summed E-state index contributed by atoms with van der Waals surface area (Å²) in [6.45, 7) is 1.27. The normalized spacial score (nSPS) is 16.6. The van der Waals surface area contributed by atoms with Crippen molar-refractivity contribution in [2.24, 2.45) is 0 Å². The number of rotatable bonds is 6. The van der Waals surface area contributed by atoms with Crippen LogP contribution in [0.4, 0.5) is 0 Å². The number of benzene rings is 3. The van der Waals surface area contributed by atoms with Crippen molar-refractivity contribution in [1.29, 1.82) is 0 Å². The third-order valence-electron chi connectivity index (χ3n) is 6.07. The van der Waals surface area contributed by atoms with Gasteiger partial charge in [-0.15, -0.1) is 0 Å². The van der Waals surface area contributed by atoms with Crippen molar-refractivity contribution >= 4 is 27.0 Å². The van der Waals surface area contributed by atoms with E-state index in [2.05, 4.69) is 9.71 Å². The molecule has 7 nitrogen and oxygen atoms in total. The molecule has 0 aliphatic carbocycles. The monoisotopic (exact) mass is 475 g/mol. The molecule has 1 saturated heterocycles. The van der Waals surface area contributed by atoms with Gasteiger partial charge in [0.15, 0.2) is 11.5 Å². The molecule has 34 heavy (non-hydrogen) atoms. The lowest BCUT2D eigenvalue weighted by Gasteiger charge is -2.31. The maximum Gasteiger partial charge on any atom is 0.253 e. The minimum atomic E-state index is -3.76. The summed E-state index contributed by atoms with van der Waals surface area (Å²) in [4.78, 5) is 19.7. The molecule has 0 bridgehead atoms. The van der Waals surface area contributed by atoms with Gasteiger partial charge in [-0.1, -0.05) is 48.5 Å². The zero-order valence-electron chi connectivity index (χ0n) is 18.6. The standard InChI is InChI=1S/C26H25N3O4S/c30-26(29-15-7-11-21(18-29)25-28-23-13-4-5-14-24(23)33-25)20-10-6-12-22(16-20)34(31,32)27-17-19-8-2-1-3-9-19/h1-6,8-10,12-14,16,21,27H,7,11,15,17-18H2. The Morgan fingerprint density at radius 1 is 1.03 bits per heavy atom. The Labute approximate surface area is 198 Å². The van der Waals surface area contributed by atoms with Gasteiger partial charge in [0, 0.05) is 25.2 Å². The van der Waals surface area contributed by atoms with Crippen LogP contribution in [0.5, 0.6) is 0 Å². The molecule has 1 aliphatic rings. The van der Waals surface area contributed by atoms with Crippen LogP contribution in [0.25, 0.3) is 11.1 Å². The van der Waals surface area contributed by atoms with Crippen LogP contribution in [0.1, 0.15) is 40.6 Å². The van der Waals surface area contributed by atoms with E-state index in [9.17, 15) is 13.2 Å². The molecule has 0 radical (unpaired) electrons. The van der Waals surface area contributed by atoms with Gasteiger partial charge in [0.1, 0.15) is 5.52 Å². The van der Waals surface area contributed by atoms with E-state index in [1.807, 2.05) is 54.6 Å². The number of carbonyl (C=O) groups excluding carboxylic acids is 1. The quantitative estimate of drug-likeness (QED) is 0.448. The molecule has 1 aliphatic heterocycles. The fourth-order valence-corrected chi connectivity index (χ4v) is 5.33. The van der Waals surface area contributed by atoms with E-state index in [1.165, 1.54) is 12.1 Å². The fourth-order valence-electron chi connectivity index (χ4n) is 4.26. The molecule has 8 heteroatoms. The number of oxazole rings is 1. The highest BCUT2D eigenvalue weighted by atomic mass is 32.2. The van der Waals surface area contributed by atoms with Crippen molar-refractivity contribution < 1.29 is 17.6 Å². The molecule has 1 atom stereocenters. The third-order valence-corrected chi connectivity index (χ3v) is 7.47.